The Bertz CT molecular complexity index is 2050. The molecule has 4 unspecified atom stereocenters. The van der Waals surface area contributed by atoms with Gasteiger partial charge in [0, 0.05) is 25.7 Å². The minimum Gasteiger partial charge on any atom is -0.462 e. The molecule has 3 N–H and O–H groups in total. The number of hydrogen-bond acceptors (Lipinski definition) is 15. The summed E-state index contributed by atoms with van der Waals surface area (Å²) in [6.45, 7) is 14.4. The Hall–Kier alpha value is -1.94. The molecule has 0 amide bonds. The molecule has 0 saturated heterocycles. The van der Waals surface area contributed by atoms with E-state index >= 15 is 0 Å². The Labute approximate surface area is 645 Å². The Balaban J connectivity index is 5.27. The number of phosphoric acid groups is 2. The number of esters is 4. The lowest BCUT2D eigenvalue weighted by molar-refractivity contribution is -0.161. The van der Waals surface area contributed by atoms with E-state index in [-0.39, 0.29) is 25.7 Å². The van der Waals surface area contributed by atoms with Crippen molar-refractivity contribution in [2.75, 3.05) is 39.6 Å². The van der Waals surface area contributed by atoms with E-state index in [0.717, 1.165) is 114 Å². The number of unbranched alkanes of at least 4 members (excludes halogenated alkanes) is 47. The largest absolute Gasteiger partial charge is 0.472 e. The minimum atomic E-state index is -4.97. The molecule has 0 fully saturated rings. The summed E-state index contributed by atoms with van der Waals surface area (Å²) in [6.07, 6.45) is 63.6. The van der Waals surface area contributed by atoms with Crippen LogP contribution in [-0.2, 0) is 65.4 Å². The maximum Gasteiger partial charge on any atom is 0.472 e. The van der Waals surface area contributed by atoms with Crippen LogP contribution in [0.3, 0.4) is 0 Å². The van der Waals surface area contributed by atoms with Gasteiger partial charge in [-0.2, -0.15) is 0 Å². The van der Waals surface area contributed by atoms with Crippen LogP contribution >= 0.6 is 15.6 Å². The van der Waals surface area contributed by atoms with Gasteiger partial charge in [0.05, 0.1) is 26.4 Å². The first-order valence-electron chi connectivity index (χ1n) is 44.3. The SMILES string of the molecule is CCC(C)CCCCCCCCCCCCCCCCC(=O)OC[C@H](COP(=O)(O)OC[C@@H](O)COP(=O)(O)OC[C@@H](COC(=O)CCCCCCCCCCCC(C)C)OC(=O)CCCCCCCCCCCCCCCCC(C)C)OC(=O)CCCCCCCCCCCCCCCCC(C)CC. The number of aliphatic hydroxyl groups excluding tert-OH is 1. The maximum atomic E-state index is 13.1. The van der Waals surface area contributed by atoms with Gasteiger partial charge in [0.25, 0.3) is 0 Å². The summed E-state index contributed by atoms with van der Waals surface area (Å²) in [5.74, 6) is 1.13. The average molecular weight is 1540 g/mol. The average Bonchev–Trinajstić information content (AvgIpc) is 0.908. The van der Waals surface area contributed by atoms with Crippen molar-refractivity contribution in [3.63, 3.8) is 0 Å². The van der Waals surface area contributed by atoms with E-state index in [1.165, 1.54) is 250 Å². The van der Waals surface area contributed by atoms with Crippen molar-refractivity contribution < 1.29 is 80.2 Å². The Morgan fingerprint density at radius 3 is 0.676 bits per heavy atom. The molecule has 19 heteroatoms. The van der Waals surface area contributed by atoms with Gasteiger partial charge < -0.3 is 33.8 Å². The van der Waals surface area contributed by atoms with Gasteiger partial charge in [-0.25, -0.2) is 9.13 Å². The normalized spacial score (nSPS) is 14.4. The van der Waals surface area contributed by atoms with Gasteiger partial charge in [-0.05, 0) is 49.4 Å². The molecule has 0 aliphatic heterocycles. The molecule has 0 aromatic heterocycles. The molecule has 0 aliphatic carbocycles. The lowest BCUT2D eigenvalue weighted by atomic mass is 9.99. The van der Waals surface area contributed by atoms with Crippen LogP contribution in [0.4, 0.5) is 0 Å². The molecule has 624 valence electrons. The number of phosphoric ester groups is 2. The Kier molecular flexibility index (Phi) is 73.4. The highest BCUT2D eigenvalue weighted by Gasteiger charge is 2.31. The summed E-state index contributed by atoms with van der Waals surface area (Å²) >= 11 is 0. The van der Waals surface area contributed by atoms with Crippen LogP contribution in [0.15, 0.2) is 0 Å². The first-order valence-corrected chi connectivity index (χ1v) is 47.3. The third kappa shape index (κ3) is 77.2. The molecule has 17 nitrogen and oxygen atoms in total. The second-order valence-corrected chi connectivity index (χ2v) is 35.3. The molecule has 0 heterocycles. The van der Waals surface area contributed by atoms with Gasteiger partial charge in [-0.15, -0.1) is 0 Å². The molecule has 7 atom stereocenters. The van der Waals surface area contributed by atoms with Crippen LogP contribution in [0, 0.1) is 23.7 Å². The summed E-state index contributed by atoms with van der Waals surface area (Å²) < 4.78 is 68.9. The molecule has 0 aromatic carbocycles. The number of carbonyl (C=O) groups excluding carboxylic acids is 4. The molecule has 0 aliphatic rings. The molecule has 0 aromatic rings. The van der Waals surface area contributed by atoms with E-state index in [1.807, 2.05) is 0 Å². The monoisotopic (exact) mass is 1540 g/mol. The summed E-state index contributed by atoms with van der Waals surface area (Å²) in [7, 11) is -9.93. The molecule has 0 spiro atoms. The van der Waals surface area contributed by atoms with Crippen molar-refractivity contribution >= 4 is 39.5 Å². The highest BCUT2D eigenvalue weighted by atomic mass is 31.2. The Morgan fingerprint density at radius 2 is 0.457 bits per heavy atom. The first kappa shape index (κ1) is 103. The predicted octanol–water partition coefficient (Wildman–Crippen LogP) is 25.9. The second-order valence-electron chi connectivity index (χ2n) is 32.4. The van der Waals surface area contributed by atoms with Crippen molar-refractivity contribution in [1.29, 1.82) is 0 Å². The summed E-state index contributed by atoms with van der Waals surface area (Å²) in [4.78, 5) is 73.3. The standard InChI is InChI=1S/C86H168O17P2/c1-9-78(7)64-56-48-40-32-24-18-12-15-20-26-34-42-50-58-66-83(88)96-72-81(102-85(90)69-61-53-45-36-28-22-16-13-19-25-33-41-49-57-65-79(8)10-2)74-100-104(92,93)98-70-80(87)71-99-105(94,95)101-75-82(73-97-84(89)67-59-51-43-37-29-31-39-47-55-63-77(5)6)103-86(91)68-60-52-44-35-27-21-14-11-17-23-30-38-46-54-62-76(3)4/h76-82,87H,9-75H2,1-8H3,(H,92,93)(H,94,95)/t78?,79?,80-,81-,82-/m1/s1. The lowest BCUT2D eigenvalue weighted by Crippen LogP contribution is -2.30. The predicted molar refractivity (Wildman–Crippen MR) is 432 cm³/mol. The molecular weight excluding hydrogens is 1370 g/mol. The third-order valence-corrected chi connectivity index (χ3v) is 22.7. The number of carbonyl (C=O) groups is 4. The van der Waals surface area contributed by atoms with Crippen LogP contribution in [-0.4, -0.2) is 96.7 Å². The molecule has 0 saturated carbocycles. The van der Waals surface area contributed by atoms with Gasteiger partial charge in [0.15, 0.2) is 12.2 Å². The van der Waals surface area contributed by atoms with Crippen molar-refractivity contribution in [1.82, 2.24) is 0 Å². The van der Waals surface area contributed by atoms with Gasteiger partial charge >= 0.3 is 39.5 Å². The maximum absolute atomic E-state index is 13.1. The van der Waals surface area contributed by atoms with E-state index < -0.39 is 97.5 Å². The topological polar surface area (TPSA) is 237 Å². The smallest absolute Gasteiger partial charge is 0.462 e. The summed E-state index contributed by atoms with van der Waals surface area (Å²) in [6, 6.07) is 0. The summed E-state index contributed by atoms with van der Waals surface area (Å²) in [5.41, 5.74) is 0. The highest BCUT2D eigenvalue weighted by Crippen LogP contribution is 2.45. The van der Waals surface area contributed by atoms with E-state index in [1.54, 1.807) is 0 Å². The molecule has 0 rings (SSSR count). The lowest BCUT2D eigenvalue weighted by Gasteiger charge is -2.21. The number of aliphatic hydroxyl groups is 1. The fourth-order valence-corrected chi connectivity index (χ4v) is 14.8. The zero-order valence-electron chi connectivity index (χ0n) is 69.4. The molecule has 105 heavy (non-hydrogen) atoms. The third-order valence-electron chi connectivity index (χ3n) is 20.8. The fourth-order valence-electron chi connectivity index (χ4n) is 13.3. The molecule has 0 bridgehead atoms. The van der Waals surface area contributed by atoms with Crippen molar-refractivity contribution in [3.8, 4) is 0 Å². The minimum absolute atomic E-state index is 0.107. The van der Waals surface area contributed by atoms with Crippen molar-refractivity contribution in [2.45, 2.75) is 465 Å². The van der Waals surface area contributed by atoms with Crippen LogP contribution in [0.2, 0.25) is 0 Å². The molecular formula is C86H168O17P2. The number of rotatable bonds is 83. The van der Waals surface area contributed by atoms with Gasteiger partial charge in [-0.1, -0.05) is 396 Å². The van der Waals surface area contributed by atoms with Crippen LogP contribution < -0.4 is 0 Å². The fraction of sp³-hybridized carbons (Fsp3) is 0.953. The first-order chi connectivity index (χ1) is 50.7. The van der Waals surface area contributed by atoms with E-state index in [0.29, 0.717) is 25.7 Å². The van der Waals surface area contributed by atoms with Crippen LogP contribution in [0.25, 0.3) is 0 Å². The van der Waals surface area contributed by atoms with E-state index in [4.69, 9.17) is 37.0 Å². The second kappa shape index (κ2) is 74.8. The Morgan fingerprint density at radius 1 is 0.267 bits per heavy atom. The highest BCUT2D eigenvalue weighted by molar-refractivity contribution is 7.47. The van der Waals surface area contributed by atoms with Gasteiger partial charge in [0.2, 0.25) is 0 Å². The van der Waals surface area contributed by atoms with Gasteiger partial charge in [-0.3, -0.25) is 37.3 Å². The van der Waals surface area contributed by atoms with Crippen molar-refractivity contribution in [2.24, 2.45) is 23.7 Å². The zero-order valence-corrected chi connectivity index (χ0v) is 71.2. The molecule has 0 radical (unpaired) electrons. The van der Waals surface area contributed by atoms with E-state index in [2.05, 4.69) is 55.4 Å². The number of ether oxygens (including phenoxy) is 4. The van der Waals surface area contributed by atoms with Crippen molar-refractivity contribution in [3.05, 3.63) is 0 Å². The number of hydrogen-bond donors (Lipinski definition) is 3. The van der Waals surface area contributed by atoms with Gasteiger partial charge in [0.1, 0.15) is 19.3 Å². The zero-order chi connectivity index (χ0) is 77.4. The quantitative estimate of drug-likeness (QED) is 0.0222. The summed E-state index contributed by atoms with van der Waals surface area (Å²) in [5, 5.41) is 10.7. The van der Waals surface area contributed by atoms with Crippen LogP contribution in [0.5, 0.6) is 0 Å². The van der Waals surface area contributed by atoms with E-state index in [9.17, 15) is 43.2 Å². The van der Waals surface area contributed by atoms with Crippen LogP contribution in [0.1, 0.15) is 447 Å².